The predicted molar refractivity (Wildman–Crippen MR) is 127 cm³/mol. The molecule has 1 atom stereocenters. The van der Waals surface area contributed by atoms with Crippen molar-refractivity contribution < 1.29 is 24.1 Å². The van der Waals surface area contributed by atoms with Gasteiger partial charge in [-0.1, -0.05) is 6.07 Å². The number of rotatable bonds is 12. The molecule has 7 nitrogen and oxygen atoms in total. The molecule has 2 aromatic carbocycles. The van der Waals surface area contributed by atoms with Crippen molar-refractivity contribution in [2.24, 2.45) is 0 Å². The molecule has 8 heteroatoms. The molecule has 1 unspecified atom stereocenters. The number of nitrogens with one attached hydrogen (secondary N) is 1. The third kappa shape index (κ3) is 7.97. The molecule has 32 heavy (non-hydrogen) atoms. The number of methoxy groups -OCH3 is 3. The van der Waals surface area contributed by atoms with Crippen molar-refractivity contribution >= 4 is 18.0 Å². The maximum atomic E-state index is 10.3. The number of aliphatic hydroxyl groups excluding tert-OH is 1. The van der Waals surface area contributed by atoms with E-state index < -0.39 is 6.10 Å². The lowest BCUT2D eigenvalue weighted by Crippen LogP contribution is -2.32. The smallest absolute Gasteiger partial charge is 0.160 e. The van der Waals surface area contributed by atoms with Crippen LogP contribution in [0.1, 0.15) is 18.1 Å². The Morgan fingerprint density at radius 3 is 2.47 bits per heavy atom. The van der Waals surface area contributed by atoms with Crippen molar-refractivity contribution in [3.8, 4) is 29.1 Å². The van der Waals surface area contributed by atoms with E-state index in [9.17, 15) is 5.11 Å². The topological polar surface area (TPSA) is 93.0 Å². The van der Waals surface area contributed by atoms with Crippen molar-refractivity contribution in [2.75, 3.05) is 41.0 Å². The number of halogens is 1. The Bertz CT molecular complexity index is 927. The summed E-state index contributed by atoms with van der Waals surface area (Å²) in [6.45, 7) is 3.04. The highest BCUT2D eigenvalue weighted by Crippen LogP contribution is 2.30. The Morgan fingerprint density at radius 2 is 1.81 bits per heavy atom. The Balaban J connectivity index is 0.00000512. The Labute approximate surface area is 196 Å². The molecule has 0 aliphatic rings. The summed E-state index contributed by atoms with van der Waals surface area (Å²) in [7, 11) is 4.80. The first-order valence-electron chi connectivity index (χ1n) is 9.99. The number of hydrogen-bond donors (Lipinski definition) is 2. The highest BCUT2D eigenvalue weighted by Gasteiger charge is 2.11. The summed E-state index contributed by atoms with van der Waals surface area (Å²) >= 11 is 0. The summed E-state index contributed by atoms with van der Waals surface area (Å²) in [6, 6.07) is 13.2. The number of hydrogen-bond acceptors (Lipinski definition) is 7. The van der Waals surface area contributed by atoms with Crippen molar-refractivity contribution in [3.05, 3.63) is 53.6 Å². The molecule has 174 valence electrons. The van der Waals surface area contributed by atoms with Gasteiger partial charge in [-0.25, -0.2) is 0 Å². The molecule has 2 aromatic rings. The molecular weight excluding hydrogens is 432 g/mol. The van der Waals surface area contributed by atoms with E-state index in [4.69, 9.17) is 24.2 Å². The normalized spacial score (nSPS) is 11.7. The van der Waals surface area contributed by atoms with Crippen molar-refractivity contribution in [3.63, 3.8) is 0 Å². The molecule has 0 saturated heterocycles. The summed E-state index contributed by atoms with van der Waals surface area (Å²) < 4.78 is 21.7. The number of nitrogens with zero attached hydrogens (tertiary/aromatic N) is 1. The van der Waals surface area contributed by atoms with E-state index in [1.165, 1.54) is 6.08 Å². The molecule has 0 spiro atoms. The largest absolute Gasteiger partial charge is 0.497 e. The van der Waals surface area contributed by atoms with Crippen molar-refractivity contribution in [1.29, 1.82) is 5.26 Å². The van der Waals surface area contributed by atoms with Gasteiger partial charge in [0, 0.05) is 24.3 Å². The highest BCUT2D eigenvalue weighted by molar-refractivity contribution is 5.85. The number of aliphatic hydroxyl groups is 1. The lowest BCUT2D eigenvalue weighted by atomic mass is 10.1. The zero-order chi connectivity index (χ0) is 22.6. The summed E-state index contributed by atoms with van der Waals surface area (Å²) in [4.78, 5) is 0. The quantitative estimate of drug-likeness (QED) is 0.367. The maximum absolute atomic E-state index is 10.3. The Morgan fingerprint density at radius 1 is 1.06 bits per heavy atom. The minimum atomic E-state index is -0.690. The molecule has 0 amide bonds. The molecule has 0 bridgehead atoms. The van der Waals surface area contributed by atoms with E-state index >= 15 is 0 Å². The van der Waals surface area contributed by atoms with Crippen LogP contribution in [0.15, 0.2) is 42.5 Å². The van der Waals surface area contributed by atoms with Gasteiger partial charge in [0.2, 0.25) is 0 Å². The summed E-state index contributed by atoms with van der Waals surface area (Å²) in [6.07, 6.45) is 1.55. The fourth-order valence-corrected chi connectivity index (χ4v) is 3.03. The lowest BCUT2D eigenvalue weighted by Gasteiger charge is -2.17. The molecule has 0 aliphatic heterocycles. The van der Waals surface area contributed by atoms with Gasteiger partial charge in [0.25, 0.3) is 0 Å². The van der Waals surface area contributed by atoms with Gasteiger partial charge in [-0.2, -0.15) is 5.26 Å². The second-order valence-corrected chi connectivity index (χ2v) is 6.93. The monoisotopic (exact) mass is 462 g/mol. The Hall–Kier alpha value is -2.92. The van der Waals surface area contributed by atoms with Crippen LogP contribution in [0, 0.1) is 11.3 Å². The number of benzene rings is 2. The minimum absolute atomic E-state index is 0. The second-order valence-electron chi connectivity index (χ2n) is 6.93. The van der Waals surface area contributed by atoms with Gasteiger partial charge in [-0.3, -0.25) is 0 Å². The van der Waals surface area contributed by atoms with Gasteiger partial charge in [0.1, 0.15) is 24.2 Å². The Kier molecular flexibility index (Phi) is 12.0. The first kappa shape index (κ1) is 27.1. The van der Waals surface area contributed by atoms with E-state index in [0.29, 0.717) is 36.1 Å². The zero-order valence-corrected chi connectivity index (χ0v) is 19.7. The van der Waals surface area contributed by atoms with E-state index in [0.717, 1.165) is 23.1 Å². The number of ether oxygens (including phenoxy) is 4. The number of nitriles is 1. The maximum Gasteiger partial charge on any atom is 0.160 e. The standard InChI is InChI=1S/C24H30N2O5.ClH/c1-17(9-11-25)21-7-6-20(28-2)14-23(21)31-16-19(27)15-26-12-10-18-5-8-22(29-3)24(13-18)30-4;/h5-9,13-14,19,26-27H,10,12,15-16H2,1-4H3;1H/b17-9-;. The van der Waals surface area contributed by atoms with E-state index in [2.05, 4.69) is 5.32 Å². The fourth-order valence-electron chi connectivity index (χ4n) is 3.03. The van der Waals surface area contributed by atoms with Crippen molar-refractivity contribution in [1.82, 2.24) is 5.32 Å². The molecule has 2 rings (SSSR count). The first-order chi connectivity index (χ1) is 15.0. The van der Waals surface area contributed by atoms with Crippen LogP contribution in [0.2, 0.25) is 0 Å². The molecular formula is C24H31ClN2O5. The van der Waals surface area contributed by atoms with Gasteiger partial charge < -0.3 is 29.4 Å². The lowest BCUT2D eigenvalue weighted by molar-refractivity contribution is 0.106. The van der Waals surface area contributed by atoms with E-state index in [-0.39, 0.29) is 19.0 Å². The molecule has 0 heterocycles. The first-order valence-corrected chi connectivity index (χ1v) is 9.99. The van der Waals surface area contributed by atoms with Crippen LogP contribution in [-0.4, -0.2) is 52.2 Å². The van der Waals surface area contributed by atoms with Crippen molar-refractivity contribution in [2.45, 2.75) is 19.4 Å². The second kappa shape index (κ2) is 14.2. The van der Waals surface area contributed by atoms with Gasteiger partial charge in [-0.15, -0.1) is 12.4 Å². The number of allylic oxidation sites excluding steroid dienone is 2. The average Bonchev–Trinajstić information content (AvgIpc) is 2.80. The van der Waals surface area contributed by atoms with Gasteiger partial charge in [-0.05, 0) is 55.3 Å². The molecule has 0 fully saturated rings. The van der Waals surface area contributed by atoms with E-state index in [1.54, 1.807) is 27.4 Å². The van der Waals surface area contributed by atoms with Crippen LogP contribution < -0.4 is 24.3 Å². The average molecular weight is 463 g/mol. The van der Waals surface area contributed by atoms with E-state index in [1.807, 2.05) is 43.3 Å². The van der Waals surface area contributed by atoms with Gasteiger partial charge in [0.15, 0.2) is 11.5 Å². The van der Waals surface area contributed by atoms with Gasteiger partial charge in [0.05, 0.1) is 27.4 Å². The summed E-state index contributed by atoms with van der Waals surface area (Å²) in [5.41, 5.74) is 2.68. The molecule has 0 aliphatic carbocycles. The van der Waals surface area contributed by atoms with Crippen LogP contribution >= 0.6 is 12.4 Å². The SMILES string of the molecule is COc1ccc(/C(C)=C\C#N)c(OCC(O)CNCCc2ccc(OC)c(OC)c2)c1.Cl. The zero-order valence-electron chi connectivity index (χ0n) is 18.9. The van der Waals surface area contributed by atoms with Crippen LogP contribution in [0.3, 0.4) is 0 Å². The summed E-state index contributed by atoms with van der Waals surface area (Å²) in [5.74, 6) is 2.60. The third-order valence-corrected chi connectivity index (χ3v) is 4.74. The molecule has 2 N–H and O–H groups in total. The van der Waals surface area contributed by atoms with Crippen LogP contribution in [0.5, 0.6) is 23.0 Å². The molecule has 0 aromatic heterocycles. The van der Waals surface area contributed by atoms with Crippen LogP contribution in [0.25, 0.3) is 5.57 Å². The molecule has 0 radical (unpaired) electrons. The minimum Gasteiger partial charge on any atom is -0.497 e. The summed E-state index contributed by atoms with van der Waals surface area (Å²) in [5, 5.41) is 22.4. The predicted octanol–water partition coefficient (Wildman–Crippen LogP) is 3.63. The van der Waals surface area contributed by atoms with Gasteiger partial charge >= 0.3 is 0 Å². The molecule has 0 saturated carbocycles. The van der Waals surface area contributed by atoms with Crippen LogP contribution in [0.4, 0.5) is 0 Å². The highest BCUT2D eigenvalue weighted by atomic mass is 35.5. The third-order valence-electron chi connectivity index (χ3n) is 4.74. The fraction of sp³-hybridized carbons (Fsp3) is 0.375. The van der Waals surface area contributed by atoms with Crippen LogP contribution in [-0.2, 0) is 6.42 Å².